The number of benzene rings is 3. The molecule has 0 saturated carbocycles. The maximum atomic E-state index is 14.4. The van der Waals surface area contributed by atoms with Crippen molar-refractivity contribution < 1.29 is 17.6 Å². The first-order chi connectivity index (χ1) is 13.8. The Morgan fingerprint density at radius 3 is 2.28 bits per heavy atom. The quantitative estimate of drug-likeness (QED) is 0.618. The molecule has 29 heavy (non-hydrogen) atoms. The number of anilines is 2. The van der Waals surface area contributed by atoms with Crippen LogP contribution in [0.3, 0.4) is 0 Å². The molecule has 0 heterocycles. The molecule has 5 nitrogen and oxygen atoms in total. The van der Waals surface area contributed by atoms with Crippen molar-refractivity contribution in [2.75, 3.05) is 16.2 Å². The Balaban J connectivity index is 1.98. The van der Waals surface area contributed by atoms with E-state index in [9.17, 15) is 17.6 Å². The lowest BCUT2D eigenvalue weighted by molar-refractivity contribution is -0.114. The summed E-state index contributed by atoms with van der Waals surface area (Å²) in [5.41, 5.74) is 0.987. The molecule has 0 spiro atoms. The highest BCUT2D eigenvalue weighted by Gasteiger charge is 2.29. The van der Waals surface area contributed by atoms with Crippen molar-refractivity contribution in [3.8, 4) is 0 Å². The summed E-state index contributed by atoms with van der Waals surface area (Å²) in [5, 5.41) is 2.87. The van der Waals surface area contributed by atoms with Gasteiger partial charge in [-0.3, -0.25) is 9.10 Å². The average molecular weight is 433 g/mol. The van der Waals surface area contributed by atoms with Crippen LogP contribution in [-0.4, -0.2) is 20.9 Å². The molecule has 0 aliphatic carbocycles. The Hall–Kier alpha value is -2.90. The van der Waals surface area contributed by atoms with Gasteiger partial charge in [0.25, 0.3) is 10.0 Å². The van der Waals surface area contributed by atoms with Gasteiger partial charge in [0.05, 0.1) is 21.3 Å². The van der Waals surface area contributed by atoms with Crippen LogP contribution in [-0.2, 0) is 14.8 Å². The van der Waals surface area contributed by atoms with E-state index in [0.717, 1.165) is 15.9 Å². The van der Waals surface area contributed by atoms with E-state index >= 15 is 0 Å². The minimum absolute atomic E-state index is 0.0445. The minimum Gasteiger partial charge on any atom is -0.323 e. The normalized spacial score (nSPS) is 11.1. The van der Waals surface area contributed by atoms with Crippen LogP contribution in [0.15, 0.2) is 77.7 Å². The molecular weight excluding hydrogens is 415 g/mol. The van der Waals surface area contributed by atoms with E-state index in [1.807, 2.05) is 6.92 Å². The predicted molar refractivity (Wildman–Crippen MR) is 112 cm³/mol. The topological polar surface area (TPSA) is 66.5 Å². The van der Waals surface area contributed by atoms with Crippen molar-refractivity contribution in [1.29, 1.82) is 0 Å². The number of hydrogen-bond acceptors (Lipinski definition) is 3. The Bertz CT molecular complexity index is 1130. The largest absolute Gasteiger partial charge is 0.323 e. The van der Waals surface area contributed by atoms with E-state index in [4.69, 9.17) is 11.6 Å². The third-order valence-corrected chi connectivity index (χ3v) is 6.27. The van der Waals surface area contributed by atoms with Crippen molar-refractivity contribution in [2.45, 2.75) is 11.8 Å². The molecule has 0 fully saturated rings. The van der Waals surface area contributed by atoms with Crippen LogP contribution >= 0.6 is 11.6 Å². The molecule has 0 aromatic heterocycles. The number of para-hydroxylation sites is 2. The molecule has 1 amide bonds. The molecule has 1 N–H and O–H groups in total. The van der Waals surface area contributed by atoms with E-state index in [-0.39, 0.29) is 10.6 Å². The van der Waals surface area contributed by atoms with Crippen molar-refractivity contribution in [1.82, 2.24) is 0 Å². The van der Waals surface area contributed by atoms with Gasteiger partial charge in [0, 0.05) is 0 Å². The zero-order valence-electron chi connectivity index (χ0n) is 15.5. The smallest absolute Gasteiger partial charge is 0.264 e. The number of nitrogens with one attached hydrogen (secondary N) is 1. The van der Waals surface area contributed by atoms with Gasteiger partial charge in [0.15, 0.2) is 0 Å². The maximum absolute atomic E-state index is 14.4. The molecule has 0 radical (unpaired) electrons. The number of sulfonamides is 1. The molecule has 0 aliphatic heterocycles. The lowest BCUT2D eigenvalue weighted by Crippen LogP contribution is -2.38. The standard InChI is InChI=1S/C21H18ClFN2O3S/c1-15-10-12-16(13-11-15)29(27,28)25(20-9-5-3-7-18(20)23)14-21(26)24-19-8-4-2-6-17(19)22/h2-13H,14H2,1H3,(H,24,26). The number of rotatable bonds is 6. The SMILES string of the molecule is Cc1ccc(S(=O)(=O)N(CC(=O)Nc2ccccc2Cl)c2ccccc2F)cc1. The van der Waals surface area contributed by atoms with Gasteiger partial charge in [-0.1, -0.05) is 53.6 Å². The fraction of sp³-hybridized carbons (Fsp3) is 0.0952. The van der Waals surface area contributed by atoms with Crippen molar-refractivity contribution in [3.63, 3.8) is 0 Å². The number of amides is 1. The number of carbonyl (C=O) groups excluding carboxylic acids is 1. The highest BCUT2D eigenvalue weighted by molar-refractivity contribution is 7.92. The van der Waals surface area contributed by atoms with Crippen LogP contribution in [0.25, 0.3) is 0 Å². The molecule has 3 aromatic rings. The fourth-order valence-electron chi connectivity index (χ4n) is 2.67. The highest BCUT2D eigenvalue weighted by Crippen LogP contribution is 2.27. The van der Waals surface area contributed by atoms with Gasteiger partial charge in [-0.15, -0.1) is 0 Å². The third kappa shape index (κ3) is 4.75. The molecule has 0 bridgehead atoms. The molecule has 8 heteroatoms. The van der Waals surface area contributed by atoms with Gasteiger partial charge in [-0.25, -0.2) is 12.8 Å². The number of aryl methyl sites for hydroxylation is 1. The monoisotopic (exact) mass is 432 g/mol. The van der Waals surface area contributed by atoms with Crippen LogP contribution in [0.1, 0.15) is 5.56 Å². The molecule has 0 atom stereocenters. The van der Waals surface area contributed by atoms with Crippen LogP contribution in [0.2, 0.25) is 5.02 Å². The zero-order chi connectivity index (χ0) is 21.0. The molecule has 0 saturated heterocycles. The number of hydrogen-bond donors (Lipinski definition) is 1. The van der Waals surface area contributed by atoms with E-state index in [1.54, 1.807) is 36.4 Å². The van der Waals surface area contributed by atoms with Crippen LogP contribution in [0, 0.1) is 12.7 Å². The Morgan fingerprint density at radius 1 is 1.00 bits per heavy atom. The second-order valence-corrected chi connectivity index (χ2v) is 8.57. The van der Waals surface area contributed by atoms with Crippen LogP contribution in [0.5, 0.6) is 0 Å². The summed E-state index contributed by atoms with van der Waals surface area (Å²) in [7, 11) is -4.19. The molecule has 3 rings (SSSR count). The van der Waals surface area contributed by atoms with Gasteiger partial charge in [0.1, 0.15) is 12.4 Å². The van der Waals surface area contributed by atoms with Gasteiger partial charge in [0.2, 0.25) is 5.91 Å². The first-order valence-corrected chi connectivity index (χ1v) is 10.5. The number of carbonyl (C=O) groups is 1. The Labute approximate surface area is 173 Å². The first-order valence-electron chi connectivity index (χ1n) is 8.67. The summed E-state index contributed by atoms with van der Waals surface area (Å²) in [4.78, 5) is 12.5. The van der Waals surface area contributed by atoms with Gasteiger partial charge < -0.3 is 5.32 Å². The molecule has 3 aromatic carbocycles. The summed E-state index contributed by atoms with van der Waals surface area (Å²) in [6.45, 7) is 1.20. The van der Waals surface area contributed by atoms with Gasteiger partial charge in [-0.05, 0) is 43.3 Å². The number of halogens is 2. The summed E-state index contributed by atoms with van der Waals surface area (Å²) in [5.74, 6) is -1.41. The van der Waals surface area contributed by atoms with E-state index in [0.29, 0.717) is 10.7 Å². The average Bonchev–Trinajstić information content (AvgIpc) is 2.69. The predicted octanol–water partition coefficient (Wildman–Crippen LogP) is 4.62. The Kier molecular flexibility index (Phi) is 6.20. The van der Waals surface area contributed by atoms with E-state index < -0.39 is 28.3 Å². The molecule has 0 aliphatic rings. The van der Waals surface area contributed by atoms with Gasteiger partial charge in [-0.2, -0.15) is 0 Å². The zero-order valence-corrected chi connectivity index (χ0v) is 17.0. The Morgan fingerprint density at radius 2 is 1.62 bits per heavy atom. The fourth-order valence-corrected chi connectivity index (χ4v) is 4.29. The lowest BCUT2D eigenvalue weighted by Gasteiger charge is -2.24. The highest BCUT2D eigenvalue weighted by atomic mass is 35.5. The van der Waals surface area contributed by atoms with Crippen LogP contribution < -0.4 is 9.62 Å². The second kappa shape index (κ2) is 8.63. The minimum atomic E-state index is -4.19. The van der Waals surface area contributed by atoms with E-state index in [2.05, 4.69) is 5.32 Å². The molecule has 150 valence electrons. The first kappa shape index (κ1) is 20.8. The summed E-state index contributed by atoms with van der Waals surface area (Å²) < 4.78 is 41.6. The lowest BCUT2D eigenvalue weighted by atomic mass is 10.2. The molecular formula is C21H18ClFN2O3S. The summed E-state index contributed by atoms with van der Waals surface area (Å²) in [6.07, 6.45) is 0. The third-order valence-electron chi connectivity index (χ3n) is 4.17. The maximum Gasteiger partial charge on any atom is 0.264 e. The second-order valence-electron chi connectivity index (χ2n) is 6.30. The van der Waals surface area contributed by atoms with Crippen molar-refractivity contribution in [3.05, 3.63) is 89.2 Å². The summed E-state index contributed by atoms with van der Waals surface area (Å²) >= 11 is 6.04. The van der Waals surface area contributed by atoms with Crippen molar-refractivity contribution in [2.24, 2.45) is 0 Å². The van der Waals surface area contributed by atoms with Crippen molar-refractivity contribution >= 4 is 38.9 Å². The summed E-state index contributed by atoms with van der Waals surface area (Å²) in [6, 6.07) is 18.1. The van der Waals surface area contributed by atoms with Crippen LogP contribution in [0.4, 0.5) is 15.8 Å². The molecule has 0 unspecified atom stereocenters. The van der Waals surface area contributed by atoms with E-state index in [1.165, 1.54) is 30.3 Å². The van der Waals surface area contributed by atoms with Gasteiger partial charge >= 0.3 is 0 Å². The number of nitrogens with zero attached hydrogens (tertiary/aromatic N) is 1.